The van der Waals surface area contributed by atoms with Gasteiger partial charge in [-0.2, -0.15) is 0 Å². The number of aromatic nitrogens is 1. The van der Waals surface area contributed by atoms with Crippen LogP contribution in [0.15, 0.2) is 42.6 Å². The number of hydrogen-bond acceptors (Lipinski definition) is 1. The molecule has 0 aliphatic carbocycles. The molecule has 2 nitrogen and oxygen atoms in total. The zero-order chi connectivity index (χ0) is 14.3. The number of rotatable bonds is 2. The third-order valence-corrected chi connectivity index (χ3v) is 3.27. The van der Waals surface area contributed by atoms with Gasteiger partial charge in [0.1, 0.15) is 11.6 Å². The van der Waals surface area contributed by atoms with E-state index in [-0.39, 0.29) is 16.5 Å². The minimum atomic E-state index is -0.597. The lowest BCUT2D eigenvalue weighted by molar-refractivity contribution is 0.103. The monoisotopic (exact) mass is 271 g/mol. The second-order valence-corrected chi connectivity index (χ2v) is 4.68. The van der Waals surface area contributed by atoms with Crippen molar-refractivity contribution in [1.29, 1.82) is 0 Å². The van der Waals surface area contributed by atoms with Gasteiger partial charge in [0.25, 0.3) is 0 Å². The van der Waals surface area contributed by atoms with Crippen molar-refractivity contribution < 1.29 is 13.6 Å². The van der Waals surface area contributed by atoms with E-state index >= 15 is 0 Å². The van der Waals surface area contributed by atoms with Crippen LogP contribution in [0.3, 0.4) is 0 Å². The number of benzene rings is 2. The topological polar surface area (TPSA) is 32.9 Å². The molecule has 0 aliphatic rings. The zero-order valence-corrected chi connectivity index (χ0v) is 10.7. The van der Waals surface area contributed by atoms with Crippen LogP contribution in [-0.2, 0) is 0 Å². The molecule has 3 aromatic rings. The Bertz CT molecular complexity index is 820. The number of H-pyrrole nitrogens is 1. The first-order valence-corrected chi connectivity index (χ1v) is 6.14. The lowest BCUT2D eigenvalue weighted by Crippen LogP contribution is -2.04. The Balaban J connectivity index is 2.18. The van der Waals surface area contributed by atoms with Gasteiger partial charge in [-0.1, -0.05) is 12.1 Å². The van der Waals surface area contributed by atoms with Crippen LogP contribution >= 0.6 is 0 Å². The highest BCUT2D eigenvalue weighted by molar-refractivity contribution is 6.16. The number of aromatic amines is 1. The quantitative estimate of drug-likeness (QED) is 0.702. The summed E-state index contributed by atoms with van der Waals surface area (Å²) in [5, 5.41) is 0.192. The molecule has 3 rings (SSSR count). The molecule has 1 aromatic heterocycles. The van der Waals surface area contributed by atoms with Gasteiger partial charge in [-0.25, -0.2) is 8.78 Å². The molecule has 0 fully saturated rings. The molecule has 0 atom stereocenters. The fraction of sp³-hybridized carbons (Fsp3) is 0.0625. The molecule has 20 heavy (non-hydrogen) atoms. The summed E-state index contributed by atoms with van der Waals surface area (Å²) in [5.74, 6) is -1.63. The van der Waals surface area contributed by atoms with Gasteiger partial charge in [-0.05, 0) is 36.8 Å². The second kappa shape index (κ2) is 4.56. The molecule has 0 saturated carbocycles. The number of halogens is 2. The van der Waals surface area contributed by atoms with E-state index < -0.39 is 17.4 Å². The number of hydrogen-bond donors (Lipinski definition) is 1. The Morgan fingerprint density at radius 3 is 2.60 bits per heavy atom. The lowest BCUT2D eigenvalue weighted by atomic mass is 10.0. The molecule has 0 bridgehead atoms. The second-order valence-electron chi connectivity index (χ2n) is 4.68. The van der Waals surface area contributed by atoms with Gasteiger partial charge in [0.2, 0.25) is 0 Å². The van der Waals surface area contributed by atoms with Crippen molar-refractivity contribution in [3.63, 3.8) is 0 Å². The molecule has 0 aliphatic heterocycles. The van der Waals surface area contributed by atoms with Crippen LogP contribution in [-0.4, -0.2) is 10.8 Å². The average molecular weight is 271 g/mol. The number of fused-ring (bicyclic) bond motifs is 1. The fourth-order valence-corrected chi connectivity index (χ4v) is 2.27. The number of carbonyl (C=O) groups is 1. The molecule has 4 heteroatoms. The van der Waals surface area contributed by atoms with E-state index in [1.807, 2.05) is 0 Å². The molecule has 0 spiro atoms. The molecule has 1 N–H and O–H groups in total. The molecule has 0 radical (unpaired) electrons. The summed E-state index contributed by atoms with van der Waals surface area (Å²) in [5.41, 5.74) is 1.32. The summed E-state index contributed by atoms with van der Waals surface area (Å²) < 4.78 is 27.7. The van der Waals surface area contributed by atoms with Gasteiger partial charge < -0.3 is 4.98 Å². The third kappa shape index (κ3) is 1.90. The largest absolute Gasteiger partial charge is 0.360 e. The maximum absolute atomic E-state index is 13.9. The van der Waals surface area contributed by atoms with Crippen molar-refractivity contribution in [2.45, 2.75) is 6.92 Å². The van der Waals surface area contributed by atoms with E-state index in [9.17, 15) is 13.6 Å². The predicted molar refractivity (Wildman–Crippen MR) is 72.8 cm³/mol. The van der Waals surface area contributed by atoms with E-state index in [0.29, 0.717) is 5.52 Å². The summed E-state index contributed by atoms with van der Waals surface area (Å²) in [6.07, 6.45) is 1.41. The molecule has 1 heterocycles. The number of nitrogens with one attached hydrogen (secondary N) is 1. The Morgan fingerprint density at radius 2 is 1.85 bits per heavy atom. The normalized spacial score (nSPS) is 10.9. The van der Waals surface area contributed by atoms with Crippen LogP contribution in [0.1, 0.15) is 21.5 Å². The van der Waals surface area contributed by atoms with Crippen LogP contribution in [0.25, 0.3) is 10.9 Å². The van der Waals surface area contributed by atoms with Crippen molar-refractivity contribution in [2.75, 3.05) is 0 Å². The van der Waals surface area contributed by atoms with Gasteiger partial charge in [0.05, 0.1) is 11.1 Å². The SMILES string of the molecule is Cc1ccc(C(=O)c2c[nH]c3cccc(F)c23)c(F)c1. The number of aryl methyl sites for hydroxylation is 1. The summed E-state index contributed by atoms with van der Waals surface area (Å²) in [7, 11) is 0. The Labute approximate surface area is 114 Å². The maximum Gasteiger partial charge on any atom is 0.198 e. The first-order chi connectivity index (χ1) is 9.58. The number of carbonyl (C=O) groups excluding carboxylic acids is 1. The lowest BCUT2D eigenvalue weighted by Gasteiger charge is -2.03. The zero-order valence-electron chi connectivity index (χ0n) is 10.7. The van der Waals surface area contributed by atoms with Crippen molar-refractivity contribution in [3.8, 4) is 0 Å². The first-order valence-electron chi connectivity index (χ1n) is 6.14. The van der Waals surface area contributed by atoms with Crippen LogP contribution in [0.5, 0.6) is 0 Å². The average Bonchev–Trinajstić information content (AvgIpc) is 2.83. The summed E-state index contributed by atoms with van der Waals surface area (Å²) in [4.78, 5) is 15.2. The highest BCUT2D eigenvalue weighted by Gasteiger charge is 2.19. The van der Waals surface area contributed by atoms with Crippen LogP contribution in [0, 0.1) is 18.6 Å². The molecule has 0 saturated heterocycles. The van der Waals surface area contributed by atoms with Crippen LogP contribution < -0.4 is 0 Å². The highest BCUT2D eigenvalue weighted by Crippen LogP contribution is 2.25. The Hall–Kier alpha value is -2.49. The standard InChI is InChI=1S/C16H11F2NO/c1-9-5-6-10(13(18)7-9)16(20)11-8-19-14-4-2-3-12(17)15(11)14/h2-8,19H,1H3. The van der Waals surface area contributed by atoms with E-state index in [0.717, 1.165) is 5.56 Å². The minimum Gasteiger partial charge on any atom is -0.360 e. The first kappa shape index (κ1) is 12.5. The van der Waals surface area contributed by atoms with E-state index in [1.54, 1.807) is 25.1 Å². The summed E-state index contributed by atoms with van der Waals surface area (Å²) in [6, 6.07) is 8.86. The van der Waals surface area contributed by atoms with Gasteiger partial charge >= 0.3 is 0 Å². The minimum absolute atomic E-state index is 0.0558. The molecular weight excluding hydrogens is 260 g/mol. The van der Waals surface area contributed by atoms with E-state index in [2.05, 4.69) is 4.98 Å². The van der Waals surface area contributed by atoms with Crippen LogP contribution in [0.4, 0.5) is 8.78 Å². The fourth-order valence-electron chi connectivity index (χ4n) is 2.27. The summed E-state index contributed by atoms with van der Waals surface area (Å²) in [6.45, 7) is 1.74. The van der Waals surface area contributed by atoms with Gasteiger partial charge in [-0.15, -0.1) is 0 Å². The van der Waals surface area contributed by atoms with Crippen molar-refractivity contribution in [3.05, 3.63) is 70.9 Å². The van der Waals surface area contributed by atoms with Crippen molar-refractivity contribution in [1.82, 2.24) is 4.98 Å². The van der Waals surface area contributed by atoms with Crippen molar-refractivity contribution >= 4 is 16.7 Å². The molecule has 2 aromatic carbocycles. The molecule has 0 unspecified atom stereocenters. The molecular formula is C16H11F2NO. The third-order valence-electron chi connectivity index (χ3n) is 3.27. The molecule has 100 valence electrons. The van der Waals surface area contributed by atoms with Gasteiger partial charge in [0.15, 0.2) is 5.78 Å². The van der Waals surface area contributed by atoms with Crippen molar-refractivity contribution in [2.24, 2.45) is 0 Å². The van der Waals surface area contributed by atoms with Gasteiger partial charge in [-0.3, -0.25) is 4.79 Å². The predicted octanol–water partition coefficient (Wildman–Crippen LogP) is 3.99. The summed E-state index contributed by atoms with van der Waals surface area (Å²) >= 11 is 0. The van der Waals surface area contributed by atoms with Gasteiger partial charge in [0, 0.05) is 17.1 Å². The maximum atomic E-state index is 13.9. The van der Waals surface area contributed by atoms with E-state index in [4.69, 9.17) is 0 Å². The smallest absolute Gasteiger partial charge is 0.198 e. The highest BCUT2D eigenvalue weighted by atomic mass is 19.1. The van der Waals surface area contributed by atoms with E-state index in [1.165, 1.54) is 24.4 Å². The van der Waals surface area contributed by atoms with Crippen LogP contribution in [0.2, 0.25) is 0 Å². The Morgan fingerprint density at radius 1 is 1.05 bits per heavy atom. The molecule has 0 amide bonds. The number of ketones is 1. The Kier molecular flexibility index (Phi) is 2.86.